The van der Waals surface area contributed by atoms with Gasteiger partial charge in [-0.15, -0.1) is 10.2 Å². The number of aryl methyl sites for hydroxylation is 1. The van der Waals surface area contributed by atoms with Crippen LogP contribution in [0.15, 0.2) is 58.2 Å². The van der Waals surface area contributed by atoms with Gasteiger partial charge in [0, 0.05) is 11.1 Å². The van der Waals surface area contributed by atoms with Crippen molar-refractivity contribution in [2.75, 3.05) is 5.75 Å². The van der Waals surface area contributed by atoms with Crippen molar-refractivity contribution in [3.63, 3.8) is 0 Å². The molecular formula is C17H13FN2O2S. The summed E-state index contributed by atoms with van der Waals surface area (Å²) in [6.45, 7) is 1.96. The fourth-order valence-corrected chi connectivity index (χ4v) is 2.72. The minimum atomic E-state index is -0.430. The lowest BCUT2D eigenvalue weighted by atomic mass is 10.1. The van der Waals surface area contributed by atoms with Gasteiger partial charge < -0.3 is 4.42 Å². The van der Waals surface area contributed by atoms with Crippen molar-refractivity contribution in [2.45, 2.75) is 12.1 Å². The summed E-state index contributed by atoms with van der Waals surface area (Å²) in [4.78, 5) is 12.0. The molecule has 0 saturated heterocycles. The Labute approximate surface area is 136 Å². The van der Waals surface area contributed by atoms with Gasteiger partial charge in [0.15, 0.2) is 5.78 Å². The molecular weight excluding hydrogens is 315 g/mol. The Morgan fingerprint density at radius 2 is 2.00 bits per heavy atom. The number of carbonyl (C=O) groups is 1. The van der Waals surface area contributed by atoms with Gasteiger partial charge in [-0.2, -0.15) is 0 Å². The molecule has 0 aliphatic heterocycles. The van der Waals surface area contributed by atoms with Gasteiger partial charge in [0.05, 0.1) is 5.75 Å². The van der Waals surface area contributed by atoms with E-state index < -0.39 is 5.82 Å². The molecule has 3 rings (SSSR count). The van der Waals surface area contributed by atoms with Crippen molar-refractivity contribution in [1.29, 1.82) is 0 Å². The van der Waals surface area contributed by atoms with Gasteiger partial charge in [0.25, 0.3) is 5.22 Å². The quantitative estimate of drug-likeness (QED) is 0.520. The van der Waals surface area contributed by atoms with Crippen LogP contribution in [0.25, 0.3) is 11.5 Å². The molecule has 0 amide bonds. The second-order valence-corrected chi connectivity index (χ2v) is 5.84. The Balaban J connectivity index is 1.68. The molecule has 0 atom stereocenters. The molecule has 0 radical (unpaired) electrons. The van der Waals surface area contributed by atoms with Crippen LogP contribution in [0.4, 0.5) is 4.39 Å². The number of benzene rings is 2. The number of halogens is 1. The summed E-state index contributed by atoms with van der Waals surface area (Å²) in [6, 6.07) is 13.3. The van der Waals surface area contributed by atoms with Crippen molar-refractivity contribution in [1.82, 2.24) is 10.2 Å². The van der Waals surface area contributed by atoms with Gasteiger partial charge in [-0.1, -0.05) is 42.1 Å². The maximum Gasteiger partial charge on any atom is 0.277 e. The van der Waals surface area contributed by atoms with E-state index in [-0.39, 0.29) is 11.5 Å². The number of carbonyl (C=O) groups excluding carboxylic acids is 1. The molecule has 23 heavy (non-hydrogen) atoms. The second-order valence-electron chi connectivity index (χ2n) is 4.91. The Morgan fingerprint density at radius 1 is 1.17 bits per heavy atom. The molecule has 0 bridgehead atoms. The molecule has 0 aliphatic carbocycles. The molecule has 0 aliphatic rings. The first-order chi connectivity index (χ1) is 11.1. The summed E-state index contributed by atoms with van der Waals surface area (Å²) < 4.78 is 18.7. The van der Waals surface area contributed by atoms with Crippen LogP contribution in [0.5, 0.6) is 0 Å². The van der Waals surface area contributed by atoms with Crippen molar-refractivity contribution < 1.29 is 13.6 Å². The van der Waals surface area contributed by atoms with Gasteiger partial charge in [-0.25, -0.2) is 4.39 Å². The first kappa shape index (κ1) is 15.4. The van der Waals surface area contributed by atoms with Crippen LogP contribution in [0.1, 0.15) is 15.9 Å². The van der Waals surface area contributed by atoms with Gasteiger partial charge in [0.2, 0.25) is 5.89 Å². The van der Waals surface area contributed by atoms with E-state index in [1.807, 2.05) is 31.2 Å². The average Bonchev–Trinajstić information content (AvgIpc) is 3.02. The SMILES string of the molecule is Cc1ccccc1-c1nnc(SCC(=O)c2cccc(F)c2)o1. The topological polar surface area (TPSA) is 56.0 Å². The molecule has 0 fully saturated rings. The average molecular weight is 328 g/mol. The number of thioether (sulfide) groups is 1. The number of rotatable bonds is 5. The first-order valence-electron chi connectivity index (χ1n) is 6.94. The number of hydrogen-bond acceptors (Lipinski definition) is 5. The van der Waals surface area contributed by atoms with Gasteiger partial charge in [-0.05, 0) is 30.7 Å². The van der Waals surface area contributed by atoms with Gasteiger partial charge in [-0.3, -0.25) is 4.79 Å². The maximum atomic E-state index is 13.1. The van der Waals surface area contributed by atoms with Crippen molar-refractivity contribution in [2.24, 2.45) is 0 Å². The van der Waals surface area contributed by atoms with Crippen LogP contribution >= 0.6 is 11.8 Å². The minimum Gasteiger partial charge on any atom is -0.411 e. The third-order valence-electron chi connectivity index (χ3n) is 3.26. The highest BCUT2D eigenvalue weighted by atomic mass is 32.2. The summed E-state index contributed by atoms with van der Waals surface area (Å²) in [6.07, 6.45) is 0. The Morgan fingerprint density at radius 3 is 2.78 bits per heavy atom. The molecule has 116 valence electrons. The van der Waals surface area contributed by atoms with Crippen molar-refractivity contribution in [3.05, 3.63) is 65.5 Å². The Bertz CT molecular complexity index is 848. The number of Topliss-reactive ketones (excluding diaryl/α,β-unsaturated/α-hetero) is 1. The second kappa shape index (κ2) is 6.75. The zero-order valence-corrected chi connectivity index (χ0v) is 13.1. The fourth-order valence-electron chi connectivity index (χ4n) is 2.06. The first-order valence-corrected chi connectivity index (χ1v) is 7.93. The molecule has 0 unspecified atom stereocenters. The molecule has 0 saturated carbocycles. The molecule has 0 N–H and O–H groups in total. The summed E-state index contributed by atoms with van der Waals surface area (Å²) in [5.74, 6) is -0.0896. The molecule has 0 spiro atoms. The number of nitrogens with zero attached hydrogens (tertiary/aromatic N) is 2. The predicted molar refractivity (Wildman–Crippen MR) is 85.9 cm³/mol. The van der Waals surface area contributed by atoms with E-state index in [9.17, 15) is 9.18 Å². The lowest BCUT2D eigenvalue weighted by Gasteiger charge is -1.99. The van der Waals surface area contributed by atoms with E-state index in [0.717, 1.165) is 22.9 Å². The zero-order chi connectivity index (χ0) is 16.2. The Hall–Kier alpha value is -2.47. The standard InChI is InChI=1S/C17H13FN2O2S/c1-11-5-2-3-8-14(11)16-19-20-17(22-16)23-10-15(21)12-6-4-7-13(18)9-12/h2-9H,10H2,1H3. The van der Waals surface area contributed by atoms with E-state index in [4.69, 9.17) is 4.42 Å². The lowest BCUT2D eigenvalue weighted by molar-refractivity contribution is 0.102. The molecule has 2 aromatic carbocycles. The summed E-state index contributed by atoms with van der Waals surface area (Å²) in [7, 11) is 0. The van der Waals surface area contributed by atoms with Crippen LogP contribution < -0.4 is 0 Å². The van der Waals surface area contributed by atoms with E-state index in [1.165, 1.54) is 18.2 Å². The molecule has 4 nitrogen and oxygen atoms in total. The van der Waals surface area contributed by atoms with Crippen LogP contribution in [-0.2, 0) is 0 Å². The van der Waals surface area contributed by atoms with Crippen LogP contribution in [0, 0.1) is 12.7 Å². The third kappa shape index (κ3) is 3.65. The lowest BCUT2D eigenvalue weighted by Crippen LogP contribution is -2.02. The fraction of sp³-hybridized carbons (Fsp3) is 0.118. The highest BCUT2D eigenvalue weighted by Crippen LogP contribution is 2.25. The van der Waals surface area contributed by atoms with Crippen LogP contribution in [0.2, 0.25) is 0 Å². The monoisotopic (exact) mass is 328 g/mol. The van der Waals surface area contributed by atoms with E-state index in [2.05, 4.69) is 10.2 Å². The molecule has 6 heteroatoms. The summed E-state index contributed by atoms with van der Waals surface area (Å²) in [5.41, 5.74) is 2.22. The third-order valence-corrected chi connectivity index (χ3v) is 4.07. The largest absolute Gasteiger partial charge is 0.411 e. The molecule has 3 aromatic rings. The van der Waals surface area contributed by atoms with E-state index in [0.29, 0.717) is 16.7 Å². The van der Waals surface area contributed by atoms with Crippen molar-refractivity contribution in [3.8, 4) is 11.5 Å². The van der Waals surface area contributed by atoms with Crippen LogP contribution in [0.3, 0.4) is 0 Å². The molecule has 1 heterocycles. The number of aromatic nitrogens is 2. The van der Waals surface area contributed by atoms with E-state index in [1.54, 1.807) is 6.07 Å². The smallest absolute Gasteiger partial charge is 0.277 e. The normalized spacial score (nSPS) is 10.7. The van der Waals surface area contributed by atoms with Crippen LogP contribution in [-0.4, -0.2) is 21.7 Å². The zero-order valence-electron chi connectivity index (χ0n) is 12.3. The number of hydrogen-bond donors (Lipinski definition) is 0. The maximum absolute atomic E-state index is 13.1. The predicted octanol–water partition coefficient (Wildman–Crippen LogP) is 4.16. The number of ketones is 1. The van der Waals surface area contributed by atoms with Gasteiger partial charge in [0.1, 0.15) is 5.82 Å². The minimum absolute atomic E-state index is 0.110. The van der Waals surface area contributed by atoms with E-state index >= 15 is 0 Å². The highest BCUT2D eigenvalue weighted by molar-refractivity contribution is 7.99. The van der Waals surface area contributed by atoms with Gasteiger partial charge >= 0.3 is 0 Å². The highest BCUT2D eigenvalue weighted by Gasteiger charge is 2.13. The molecule has 1 aromatic heterocycles. The Kier molecular flexibility index (Phi) is 4.52. The summed E-state index contributed by atoms with van der Waals surface area (Å²) >= 11 is 1.14. The van der Waals surface area contributed by atoms with Crippen molar-refractivity contribution >= 4 is 17.5 Å². The summed E-state index contributed by atoms with van der Waals surface area (Å²) in [5, 5.41) is 8.25.